The Bertz CT molecular complexity index is 418. The number of hydrogen-bond acceptors (Lipinski definition) is 5. The van der Waals surface area contributed by atoms with Gasteiger partial charge in [0, 0.05) is 11.6 Å². The second kappa shape index (κ2) is 5.11. The Morgan fingerprint density at radius 3 is 2.82 bits per heavy atom. The van der Waals surface area contributed by atoms with Crippen molar-refractivity contribution in [3.8, 4) is 0 Å². The number of ether oxygens (including phenoxy) is 1. The summed E-state index contributed by atoms with van der Waals surface area (Å²) in [5.41, 5.74) is 3.40. The number of rotatable bonds is 5. The number of hydrogen-bond donors (Lipinski definition) is 2. The minimum Gasteiger partial charge on any atom is -0.373 e. The average Bonchev–Trinajstić information content (AvgIpc) is 2.26. The number of nitro benzene ring substituents is 1. The smallest absolute Gasteiger partial charge is 0.294 e. The topological polar surface area (TPSA) is 90.4 Å². The standard InChI is InChI=1S/C11H15N3O3/c12-13-11-8(7-17-9-4-2-5-9)3-1-6-10(11)14(15)16/h1,3,6,9,13H,2,4-5,7,12H2. The lowest BCUT2D eigenvalue weighted by atomic mass is 9.96. The van der Waals surface area contributed by atoms with Gasteiger partial charge in [-0.25, -0.2) is 0 Å². The van der Waals surface area contributed by atoms with E-state index in [1.807, 2.05) is 0 Å². The molecule has 0 aromatic heterocycles. The van der Waals surface area contributed by atoms with E-state index in [2.05, 4.69) is 5.43 Å². The van der Waals surface area contributed by atoms with Crippen molar-refractivity contribution in [2.75, 3.05) is 5.43 Å². The van der Waals surface area contributed by atoms with Gasteiger partial charge < -0.3 is 10.2 Å². The van der Waals surface area contributed by atoms with Crippen LogP contribution < -0.4 is 11.3 Å². The van der Waals surface area contributed by atoms with E-state index in [9.17, 15) is 10.1 Å². The molecule has 0 saturated heterocycles. The predicted octanol–water partition coefficient (Wildman–Crippen LogP) is 1.95. The summed E-state index contributed by atoms with van der Waals surface area (Å²) in [7, 11) is 0. The van der Waals surface area contributed by atoms with E-state index in [1.54, 1.807) is 12.1 Å². The zero-order valence-corrected chi connectivity index (χ0v) is 9.39. The normalized spacial score (nSPS) is 15.4. The van der Waals surface area contributed by atoms with Crippen LogP contribution in [0.1, 0.15) is 24.8 Å². The molecule has 0 spiro atoms. The van der Waals surface area contributed by atoms with Gasteiger partial charge in [-0.05, 0) is 19.3 Å². The Morgan fingerprint density at radius 1 is 1.53 bits per heavy atom. The van der Waals surface area contributed by atoms with E-state index in [-0.39, 0.29) is 5.69 Å². The molecule has 1 saturated carbocycles. The van der Waals surface area contributed by atoms with Crippen molar-refractivity contribution in [2.24, 2.45) is 5.84 Å². The molecule has 92 valence electrons. The second-order valence-electron chi connectivity index (χ2n) is 4.08. The molecule has 0 atom stereocenters. The average molecular weight is 237 g/mol. The highest BCUT2D eigenvalue weighted by Gasteiger charge is 2.20. The minimum atomic E-state index is -0.456. The molecule has 0 unspecified atom stereocenters. The summed E-state index contributed by atoms with van der Waals surface area (Å²) in [6, 6.07) is 4.83. The zero-order valence-electron chi connectivity index (χ0n) is 9.39. The van der Waals surface area contributed by atoms with Crippen LogP contribution in [0.2, 0.25) is 0 Å². The van der Waals surface area contributed by atoms with E-state index < -0.39 is 4.92 Å². The summed E-state index contributed by atoms with van der Waals surface area (Å²) in [5.74, 6) is 5.33. The van der Waals surface area contributed by atoms with E-state index in [0.29, 0.717) is 24.0 Å². The largest absolute Gasteiger partial charge is 0.373 e. The Hall–Kier alpha value is -1.66. The number of nitrogens with two attached hydrogens (primary N) is 1. The third kappa shape index (κ3) is 2.54. The molecule has 1 aromatic carbocycles. The number of nitrogen functional groups attached to an aromatic ring is 1. The van der Waals surface area contributed by atoms with Gasteiger partial charge in [-0.1, -0.05) is 12.1 Å². The Labute approximate surface area is 98.9 Å². The number of nitro groups is 1. The van der Waals surface area contributed by atoms with Crippen molar-refractivity contribution in [2.45, 2.75) is 32.0 Å². The monoisotopic (exact) mass is 237 g/mol. The van der Waals surface area contributed by atoms with E-state index >= 15 is 0 Å². The number of anilines is 1. The van der Waals surface area contributed by atoms with Crippen LogP contribution in [0, 0.1) is 10.1 Å². The summed E-state index contributed by atoms with van der Waals surface area (Å²) in [4.78, 5) is 10.4. The van der Waals surface area contributed by atoms with Crippen LogP contribution in [0.5, 0.6) is 0 Å². The van der Waals surface area contributed by atoms with Crippen molar-refractivity contribution in [3.63, 3.8) is 0 Å². The maximum atomic E-state index is 10.8. The van der Waals surface area contributed by atoms with Crippen LogP contribution in [-0.2, 0) is 11.3 Å². The third-order valence-corrected chi connectivity index (χ3v) is 3.00. The molecule has 0 amide bonds. The van der Waals surface area contributed by atoms with Gasteiger partial charge in [0.25, 0.3) is 5.69 Å². The fourth-order valence-electron chi connectivity index (χ4n) is 1.77. The van der Waals surface area contributed by atoms with Crippen LogP contribution in [0.25, 0.3) is 0 Å². The number of para-hydroxylation sites is 1. The first-order valence-corrected chi connectivity index (χ1v) is 5.57. The Morgan fingerprint density at radius 2 is 2.29 bits per heavy atom. The molecule has 0 bridgehead atoms. The van der Waals surface area contributed by atoms with Gasteiger partial charge in [-0.2, -0.15) is 0 Å². The fourth-order valence-corrected chi connectivity index (χ4v) is 1.77. The van der Waals surface area contributed by atoms with Gasteiger partial charge in [-0.3, -0.25) is 16.0 Å². The first kappa shape index (κ1) is 11.8. The van der Waals surface area contributed by atoms with Gasteiger partial charge in [-0.15, -0.1) is 0 Å². The third-order valence-electron chi connectivity index (χ3n) is 3.00. The van der Waals surface area contributed by atoms with Crippen molar-refractivity contribution >= 4 is 11.4 Å². The van der Waals surface area contributed by atoms with Crippen LogP contribution in [0.4, 0.5) is 11.4 Å². The maximum Gasteiger partial charge on any atom is 0.294 e. The van der Waals surface area contributed by atoms with Gasteiger partial charge in [0.2, 0.25) is 0 Å². The van der Waals surface area contributed by atoms with Crippen molar-refractivity contribution in [1.29, 1.82) is 0 Å². The van der Waals surface area contributed by atoms with Gasteiger partial charge in [0.1, 0.15) is 5.69 Å². The highest BCUT2D eigenvalue weighted by molar-refractivity contribution is 5.65. The quantitative estimate of drug-likeness (QED) is 0.464. The fraction of sp³-hybridized carbons (Fsp3) is 0.455. The molecule has 1 aromatic rings. The molecular formula is C11H15N3O3. The van der Waals surface area contributed by atoms with Gasteiger partial charge in [0.05, 0.1) is 17.6 Å². The number of benzene rings is 1. The molecule has 0 aliphatic heterocycles. The molecule has 17 heavy (non-hydrogen) atoms. The lowest BCUT2D eigenvalue weighted by Crippen LogP contribution is -2.21. The molecule has 3 N–H and O–H groups in total. The molecular weight excluding hydrogens is 222 g/mol. The Balaban J connectivity index is 2.13. The molecule has 1 aliphatic carbocycles. The summed E-state index contributed by atoms with van der Waals surface area (Å²) in [5, 5.41) is 10.8. The number of nitrogens with one attached hydrogen (secondary N) is 1. The van der Waals surface area contributed by atoms with Crippen molar-refractivity contribution in [1.82, 2.24) is 0 Å². The minimum absolute atomic E-state index is 0.0257. The molecule has 0 heterocycles. The van der Waals surface area contributed by atoms with Crippen LogP contribution in [0.15, 0.2) is 18.2 Å². The predicted molar refractivity (Wildman–Crippen MR) is 63.3 cm³/mol. The number of hydrazine groups is 1. The SMILES string of the molecule is NNc1c(COC2CCC2)cccc1[N+](=O)[O-]. The molecule has 0 radical (unpaired) electrons. The summed E-state index contributed by atoms with van der Waals surface area (Å²) >= 11 is 0. The lowest BCUT2D eigenvalue weighted by molar-refractivity contribution is -0.384. The lowest BCUT2D eigenvalue weighted by Gasteiger charge is -2.25. The van der Waals surface area contributed by atoms with Gasteiger partial charge in [0.15, 0.2) is 0 Å². The summed E-state index contributed by atoms with van der Waals surface area (Å²) in [6.45, 7) is 0.353. The van der Waals surface area contributed by atoms with Crippen LogP contribution in [-0.4, -0.2) is 11.0 Å². The molecule has 6 heteroatoms. The summed E-state index contributed by atoms with van der Waals surface area (Å²) in [6.07, 6.45) is 3.63. The molecule has 2 rings (SSSR count). The van der Waals surface area contributed by atoms with Crippen molar-refractivity contribution in [3.05, 3.63) is 33.9 Å². The first-order valence-electron chi connectivity index (χ1n) is 5.57. The van der Waals surface area contributed by atoms with E-state index in [4.69, 9.17) is 10.6 Å². The highest BCUT2D eigenvalue weighted by atomic mass is 16.6. The van der Waals surface area contributed by atoms with E-state index in [0.717, 1.165) is 12.8 Å². The Kier molecular flexibility index (Phi) is 3.55. The summed E-state index contributed by atoms with van der Waals surface area (Å²) < 4.78 is 5.62. The second-order valence-corrected chi connectivity index (χ2v) is 4.08. The van der Waals surface area contributed by atoms with E-state index in [1.165, 1.54) is 12.5 Å². The molecule has 1 aliphatic rings. The van der Waals surface area contributed by atoms with Crippen molar-refractivity contribution < 1.29 is 9.66 Å². The van der Waals surface area contributed by atoms with Crippen LogP contribution in [0.3, 0.4) is 0 Å². The highest BCUT2D eigenvalue weighted by Crippen LogP contribution is 2.29. The maximum absolute atomic E-state index is 10.8. The number of nitrogens with zero attached hydrogens (tertiary/aromatic N) is 1. The first-order chi connectivity index (χ1) is 8.22. The molecule has 6 nitrogen and oxygen atoms in total. The zero-order chi connectivity index (χ0) is 12.3. The van der Waals surface area contributed by atoms with Gasteiger partial charge >= 0.3 is 0 Å². The molecule has 1 fully saturated rings. The van der Waals surface area contributed by atoms with Crippen LogP contribution >= 0.6 is 0 Å².